The van der Waals surface area contributed by atoms with Gasteiger partial charge in [-0.15, -0.1) is 5.11 Å². The van der Waals surface area contributed by atoms with Crippen molar-refractivity contribution in [2.75, 3.05) is 58.5 Å². The van der Waals surface area contributed by atoms with Crippen molar-refractivity contribution in [2.45, 2.75) is 12.8 Å². The molecule has 0 atom stereocenters. The third-order valence-electron chi connectivity index (χ3n) is 4.95. The van der Waals surface area contributed by atoms with E-state index in [9.17, 15) is 18.5 Å². The van der Waals surface area contributed by atoms with Gasteiger partial charge in [-0.1, -0.05) is 0 Å². The molecule has 0 saturated heterocycles. The van der Waals surface area contributed by atoms with Crippen molar-refractivity contribution in [3.63, 3.8) is 0 Å². The van der Waals surface area contributed by atoms with Gasteiger partial charge >= 0.3 is 0 Å². The van der Waals surface area contributed by atoms with Crippen molar-refractivity contribution in [3.05, 3.63) is 52.6 Å². The number of hydrogen-bond acceptors (Lipinski definition) is 8. The van der Waals surface area contributed by atoms with E-state index in [0.29, 0.717) is 30.2 Å². The van der Waals surface area contributed by atoms with Crippen LogP contribution in [0.5, 0.6) is 5.75 Å². The molecule has 0 unspecified atom stereocenters. The molecule has 0 saturated carbocycles. The van der Waals surface area contributed by atoms with Gasteiger partial charge in [0.1, 0.15) is 11.4 Å². The van der Waals surface area contributed by atoms with Gasteiger partial charge in [0.15, 0.2) is 0 Å². The zero-order valence-corrected chi connectivity index (χ0v) is 20.7. The topological polar surface area (TPSA) is 135 Å². The Morgan fingerprint density at radius 1 is 1.06 bits per heavy atom. The van der Waals surface area contributed by atoms with Crippen LogP contribution in [-0.4, -0.2) is 76.0 Å². The number of nitro benzene ring substituents is 1. The van der Waals surface area contributed by atoms with Crippen molar-refractivity contribution in [2.24, 2.45) is 10.2 Å². The number of methoxy groups -OCH3 is 1. The predicted molar refractivity (Wildman–Crippen MR) is 131 cm³/mol. The van der Waals surface area contributed by atoms with Gasteiger partial charge in [0, 0.05) is 43.4 Å². The zero-order valence-electron chi connectivity index (χ0n) is 19.9. The van der Waals surface area contributed by atoms with Gasteiger partial charge in [0.25, 0.3) is 15.8 Å². The third-order valence-corrected chi connectivity index (χ3v) is 5.75. The Morgan fingerprint density at radius 3 is 2.26 bits per heavy atom. The molecule has 2 rings (SSSR count). The fourth-order valence-corrected chi connectivity index (χ4v) is 3.74. The molecule has 12 heteroatoms. The van der Waals surface area contributed by atoms with Gasteiger partial charge in [0.05, 0.1) is 51.2 Å². The first-order chi connectivity index (χ1) is 15.9. The van der Waals surface area contributed by atoms with Crippen molar-refractivity contribution in [1.82, 2.24) is 0 Å². The highest BCUT2D eigenvalue weighted by molar-refractivity contribution is 7.85. The minimum atomic E-state index is -4.03. The molecular formula is C22H32N5O6S+. The summed E-state index contributed by atoms with van der Waals surface area (Å²) in [7, 11) is 3.81. The monoisotopic (exact) mass is 494 g/mol. The molecule has 11 nitrogen and oxygen atoms in total. The van der Waals surface area contributed by atoms with Gasteiger partial charge in [-0.3, -0.25) is 14.7 Å². The van der Waals surface area contributed by atoms with Crippen LogP contribution in [-0.2, 0) is 10.1 Å². The molecule has 2 aromatic carbocycles. The fourth-order valence-electron chi connectivity index (χ4n) is 3.24. The number of hydrogen-bond donors (Lipinski definition) is 1. The Morgan fingerprint density at radius 2 is 1.71 bits per heavy atom. The first kappa shape index (κ1) is 27.2. The van der Waals surface area contributed by atoms with Gasteiger partial charge in [0.2, 0.25) is 0 Å². The maximum atomic E-state index is 11.1. The van der Waals surface area contributed by atoms with Crippen LogP contribution in [0.3, 0.4) is 0 Å². The highest BCUT2D eigenvalue weighted by atomic mass is 32.2. The Kier molecular flexibility index (Phi) is 9.47. The Bertz CT molecular complexity index is 1100. The number of rotatable bonds is 13. The fraction of sp³-hybridized carbons (Fsp3) is 0.455. The van der Waals surface area contributed by atoms with Crippen LogP contribution in [0.4, 0.5) is 22.7 Å². The number of non-ortho nitro benzene ring substituents is 1. The Hall–Kier alpha value is -3.09. The van der Waals surface area contributed by atoms with Gasteiger partial charge in [-0.05, 0) is 30.7 Å². The molecule has 0 amide bonds. The molecular weight excluding hydrogens is 462 g/mol. The Balaban J connectivity index is 2.20. The lowest BCUT2D eigenvalue weighted by Crippen LogP contribution is -2.38. The smallest absolute Gasteiger partial charge is 0.269 e. The summed E-state index contributed by atoms with van der Waals surface area (Å²) in [5.74, 6) is 0.173. The maximum absolute atomic E-state index is 11.1. The summed E-state index contributed by atoms with van der Waals surface area (Å²) in [5.41, 5.74) is 1.75. The minimum absolute atomic E-state index is 0.0276. The highest BCUT2D eigenvalue weighted by Gasteiger charge is 2.15. The molecule has 0 heterocycles. The standard InChI is InChI=1S/C22H31N5O6S/c1-27(2,3)15-5-13-25(14-6-16-34(30,31)32)20-11-12-21(22(17-20)33-4)24-23-18-7-9-19(10-8-18)26(28)29/h7-12,17H,5-6,13-16H2,1-4H3/p+1. The van der Waals surface area contributed by atoms with E-state index in [1.165, 1.54) is 31.4 Å². The van der Waals surface area contributed by atoms with E-state index in [0.717, 1.165) is 23.1 Å². The molecule has 0 radical (unpaired) electrons. The highest BCUT2D eigenvalue weighted by Crippen LogP contribution is 2.33. The molecule has 186 valence electrons. The van der Waals surface area contributed by atoms with Crippen molar-refractivity contribution in [1.29, 1.82) is 0 Å². The number of anilines is 1. The Labute approximate surface area is 200 Å². The van der Waals surface area contributed by atoms with Crippen LogP contribution in [0.25, 0.3) is 0 Å². The summed E-state index contributed by atoms with van der Waals surface area (Å²) in [6.45, 7) is 2.09. The molecule has 0 aliphatic carbocycles. The zero-order chi connectivity index (χ0) is 25.4. The second-order valence-electron chi connectivity index (χ2n) is 8.82. The van der Waals surface area contributed by atoms with E-state index >= 15 is 0 Å². The average Bonchev–Trinajstić information content (AvgIpc) is 2.75. The van der Waals surface area contributed by atoms with Crippen LogP contribution >= 0.6 is 0 Å². The van der Waals surface area contributed by atoms with Gasteiger partial charge < -0.3 is 14.1 Å². The molecule has 0 aliphatic heterocycles. The largest absolute Gasteiger partial charge is 0.494 e. The van der Waals surface area contributed by atoms with Crippen LogP contribution in [0.1, 0.15) is 12.8 Å². The summed E-state index contributed by atoms with van der Waals surface area (Å²) in [6, 6.07) is 11.1. The van der Waals surface area contributed by atoms with E-state index in [4.69, 9.17) is 9.29 Å². The first-order valence-corrected chi connectivity index (χ1v) is 12.3. The lowest BCUT2D eigenvalue weighted by atomic mass is 10.2. The third kappa shape index (κ3) is 9.41. The van der Waals surface area contributed by atoms with Crippen LogP contribution in [0.2, 0.25) is 0 Å². The van der Waals surface area contributed by atoms with E-state index in [1.54, 1.807) is 6.07 Å². The predicted octanol–water partition coefficient (Wildman–Crippen LogP) is 4.20. The average molecular weight is 495 g/mol. The second kappa shape index (κ2) is 11.9. The molecule has 0 bridgehead atoms. The first-order valence-electron chi connectivity index (χ1n) is 10.7. The number of benzene rings is 2. The van der Waals surface area contributed by atoms with Crippen LogP contribution in [0.15, 0.2) is 52.7 Å². The quantitative estimate of drug-likeness (QED) is 0.145. The van der Waals surface area contributed by atoms with Gasteiger partial charge in [-0.2, -0.15) is 13.5 Å². The summed E-state index contributed by atoms with van der Waals surface area (Å²) in [5, 5.41) is 19.1. The summed E-state index contributed by atoms with van der Waals surface area (Å²) >= 11 is 0. The molecule has 0 fully saturated rings. The number of quaternary nitrogens is 1. The van der Waals surface area contributed by atoms with E-state index in [2.05, 4.69) is 36.3 Å². The summed E-state index contributed by atoms with van der Waals surface area (Å²) < 4.78 is 37.6. The maximum Gasteiger partial charge on any atom is 0.269 e. The lowest BCUT2D eigenvalue weighted by molar-refractivity contribution is -0.870. The number of nitrogens with zero attached hydrogens (tertiary/aromatic N) is 5. The van der Waals surface area contributed by atoms with Crippen LogP contribution in [0, 0.1) is 10.1 Å². The van der Waals surface area contributed by atoms with E-state index in [1.807, 2.05) is 12.1 Å². The minimum Gasteiger partial charge on any atom is -0.494 e. The summed E-state index contributed by atoms with van der Waals surface area (Å²) in [6.07, 6.45) is 1.17. The SMILES string of the molecule is COc1cc(N(CCC[N+](C)(C)C)CCCS(=O)(=O)O)ccc1N=Nc1ccc([N+](=O)[O-])cc1. The van der Waals surface area contributed by atoms with Crippen molar-refractivity contribution < 1.29 is 27.1 Å². The molecule has 34 heavy (non-hydrogen) atoms. The number of nitro groups is 1. The lowest BCUT2D eigenvalue weighted by Gasteiger charge is -2.28. The summed E-state index contributed by atoms with van der Waals surface area (Å²) in [4.78, 5) is 12.4. The van der Waals surface area contributed by atoms with Crippen LogP contribution < -0.4 is 9.64 Å². The molecule has 0 aliphatic rings. The number of ether oxygens (including phenoxy) is 1. The van der Waals surface area contributed by atoms with E-state index in [-0.39, 0.29) is 17.9 Å². The van der Waals surface area contributed by atoms with Crippen molar-refractivity contribution >= 4 is 32.9 Å². The molecule has 1 N–H and O–H groups in total. The second-order valence-corrected chi connectivity index (χ2v) is 10.4. The van der Waals surface area contributed by atoms with Crippen molar-refractivity contribution in [3.8, 4) is 5.75 Å². The molecule has 0 spiro atoms. The van der Waals surface area contributed by atoms with E-state index < -0.39 is 15.0 Å². The molecule has 2 aromatic rings. The van der Waals surface area contributed by atoms with Gasteiger partial charge in [-0.25, -0.2) is 0 Å². The number of azo groups is 1. The normalized spacial score (nSPS) is 12.1. The molecule has 0 aromatic heterocycles.